The summed E-state index contributed by atoms with van der Waals surface area (Å²) in [4.78, 5) is 14.7. The maximum Gasteiger partial charge on any atom is 0.270 e. The summed E-state index contributed by atoms with van der Waals surface area (Å²) in [7, 11) is 0. The highest BCUT2D eigenvalue weighted by Gasteiger charge is 2.30. The van der Waals surface area contributed by atoms with E-state index in [1.54, 1.807) is 0 Å². The van der Waals surface area contributed by atoms with Crippen LogP contribution in [0.15, 0.2) is 12.1 Å². The van der Waals surface area contributed by atoms with E-state index in [1.165, 1.54) is 0 Å². The molecule has 0 aromatic carbocycles. The molecule has 1 fully saturated rings. The number of ether oxygens (including phenoxy) is 1. The van der Waals surface area contributed by atoms with Crippen LogP contribution in [0.25, 0.3) is 0 Å². The molecule has 1 amide bonds. The molecule has 1 atom stereocenters. The van der Waals surface area contributed by atoms with Crippen LogP contribution >= 0.6 is 0 Å². The van der Waals surface area contributed by atoms with Gasteiger partial charge in [-0.05, 0) is 31.4 Å². The van der Waals surface area contributed by atoms with Crippen molar-refractivity contribution in [1.29, 1.82) is 0 Å². The van der Waals surface area contributed by atoms with E-state index in [0.717, 1.165) is 43.7 Å². The second kappa shape index (κ2) is 4.76. The van der Waals surface area contributed by atoms with Gasteiger partial charge in [0.2, 0.25) is 0 Å². The minimum atomic E-state index is 0.201. The van der Waals surface area contributed by atoms with Crippen molar-refractivity contribution in [2.24, 2.45) is 0 Å². The topological polar surface area (TPSA) is 34.5 Å². The SMILES string of the molecule is CC[C@H]1CCCN1C(=O)c1ccc2n1CCOC2. The number of nitrogens with zero attached hydrogens (tertiary/aromatic N) is 2. The van der Waals surface area contributed by atoms with Crippen molar-refractivity contribution >= 4 is 5.91 Å². The standard InChI is InChI=1S/C14H20N2O2/c1-2-11-4-3-7-16(11)14(17)13-6-5-12-10-18-9-8-15(12)13/h5-6,11H,2-4,7-10H2,1H3/t11-/m0/s1. The number of likely N-dealkylation sites (tertiary alicyclic amines) is 1. The van der Waals surface area contributed by atoms with Crippen molar-refractivity contribution in [2.75, 3.05) is 13.2 Å². The Morgan fingerprint density at radius 2 is 2.33 bits per heavy atom. The van der Waals surface area contributed by atoms with Crippen molar-refractivity contribution in [3.05, 3.63) is 23.5 Å². The van der Waals surface area contributed by atoms with E-state index in [1.807, 2.05) is 12.1 Å². The predicted octanol–water partition coefficient (Wildman–Crippen LogP) is 2.03. The normalized spacial score (nSPS) is 23.2. The molecule has 1 aromatic heterocycles. The lowest BCUT2D eigenvalue weighted by Crippen LogP contribution is -2.37. The fourth-order valence-electron chi connectivity index (χ4n) is 3.09. The van der Waals surface area contributed by atoms with Crippen LogP contribution in [-0.2, 0) is 17.9 Å². The third-order valence-corrected chi connectivity index (χ3v) is 4.11. The van der Waals surface area contributed by atoms with Crippen LogP contribution in [0.3, 0.4) is 0 Å². The molecule has 0 unspecified atom stereocenters. The zero-order valence-corrected chi connectivity index (χ0v) is 10.9. The maximum atomic E-state index is 12.6. The number of amides is 1. The van der Waals surface area contributed by atoms with Gasteiger partial charge >= 0.3 is 0 Å². The molecule has 0 saturated carbocycles. The highest BCUT2D eigenvalue weighted by Crippen LogP contribution is 2.24. The maximum absolute atomic E-state index is 12.6. The summed E-state index contributed by atoms with van der Waals surface area (Å²) in [6, 6.07) is 4.41. The summed E-state index contributed by atoms with van der Waals surface area (Å²) in [6.07, 6.45) is 3.35. The van der Waals surface area contributed by atoms with Gasteiger partial charge in [-0.1, -0.05) is 6.92 Å². The largest absolute Gasteiger partial charge is 0.373 e. The number of aromatic nitrogens is 1. The van der Waals surface area contributed by atoms with Gasteiger partial charge in [-0.25, -0.2) is 0 Å². The number of carbonyl (C=O) groups excluding carboxylic acids is 1. The zero-order valence-electron chi connectivity index (χ0n) is 10.9. The van der Waals surface area contributed by atoms with Crippen molar-refractivity contribution < 1.29 is 9.53 Å². The van der Waals surface area contributed by atoms with E-state index < -0.39 is 0 Å². The summed E-state index contributed by atoms with van der Waals surface area (Å²) < 4.78 is 7.53. The van der Waals surface area contributed by atoms with Gasteiger partial charge in [0.25, 0.3) is 5.91 Å². The molecule has 98 valence electrons. The molecule has 2 aliphatic rings. The van der Waals surface area contributed by atoms with E-state index in [2.05, 4.69) is 16.4 Å². The molecule has 1 saturated heterocycles. The molecular formula is C14H20N2O2. The number of hydrogen-bond donors (Lipinski definition) is 0. The molecule has 3 rings (SSSR count). The van der Waals surface area contributed by atoms with E-state index in [4.69, 9.17) is 4.74 Å². The van der Waals surface area contributed by atoms with Gasteiger partial charge < -0.3 is 14.2 Å². The van der Waals surface area contributed by atoms with Crippen LogP contribution < -0.4 is 0 Å². The Morgan fingerprint density at radius 3 is 3.17 bits per heavy atom. The van der Waals surface area contributed by atoms with Crippen LogP contribution in [0.5, 0.6) is 0 Å². The van der Waals surface area contributed by atoms with Crippen LogP contribution in [0.1, 0.15) is 42.4 Å². The van der Waals surface area contributed by atoms with Crippen molar-refractivity contribution in [3.8, 4) is 0 Å². The lowest BCUT2D eigenvalue weighted by atomic mass is 10.1. The van der Waals surface area contributed by atoms with Gasteiger partial charge in [0.05, 0.1) is 13.2 Å². The lowest BCUT2D eigenvalue weighted by Gasteiger charge is -2.25. The fraction of sp³-hybridized carbons (Fsp3) is 0.643. The quantitative estimate of drug-likeness (QED) is 0.802. The van der Waals surface area contributed by atoms with Gasteiger partial charge in [-0.2, -0.15) is 0 Å². The van der Waals surface area contributed by atoms with Crippen LogP contribution in [0.2, 0.25) is 0 Å². The third kappa shape index (κ3) is 1.85. The predicted molar refractivity (Wildman–Crippen MR) is 68.4 cm³/mol. The summed E-state index contributed by atoms with van der Waals surface area (Å²) in [5.74, 6) is 0.201. The Bertz CT molecular complexity index is 453. The Balaban J connectivity index is 1.86. The monoisotopic (exact) mass is 248 g/mol. The third-order valence-electron chi connectivity index (χ3n) is 4.11. The van der Waals surface area contributed by atoms with Crippen molar-refractivity contribution in [2.45, 2.75) is 45.4 Å². The van der Waals surface area contributed by atoms with Gasteiger partial charge in [0.1, 0.15) is 5.69 Å². The number of fused-ring (bicyclic) bond motifs is 1. The molecule has 18 heavy (non-hydrogen) atoms. The van der Waals surface area contributed by atoms with Gasteiger partial charge in [-0.15, -0.1) is 0 Å². The molecule has 0 N–H and O–H groups in total. The molecule has 0 spiro atoms. The first-order chi connectivity index (χ1) is 8.81. The Morgan fingerprint density at radius 1 is 1.44 bits per heavy atom. The smallest absolute Gasteiger partial charge is 0.270 e. The Hall–Kier alpha value is -1.29. The highest BCUT2D eigenvalue weighted by atomic mass is 16.5. The lowest BCUT2D eigenvalue weighted by molar-refractivity contribution is 0.0679. The fourth-order valence-corrected chi connectivity index (χ4v) is 3.09. The Kier molecular flexibility index (Phi) is 3.12. The number of rotatable bonds is 2. The van der Waals surface area contributed by atoms with E-state index >= 15 is 0 Å². The molecule has 4 nitrogen and oxygen atoms in total. The molecule has 1 aromatic rings. The first kappa shape index (κ1) is 11.8. The van der Waals surface area contributed by atoms with Crippen molar-refractivity contribution in [3.63, 3.8) is 0 Å². The Labute approximate surface area is 108 Å². The summed E-state index contributed by atoms with van der Waals surface area (Å²) in [6.45, 7) is 5.21. The molecule has 0 bridgehead atoms. The second-order valence-corrected chi connectivity index (χ2v) is 5.12. The van der Waals surface area contributed by atoms with Crippen molar-refractivity contribution in [1.82, 2.24) is 9.47 Å². The molecule has 0 aliphatic carbocycles. The average Bonchev–Trinajstić information content (AvgIpc) is 3.04. The molecule has 3 heterocycles. The van der Waals surface area contributed by atoms with E-state index in [9.17, 15) is 4.79 Å². The summed E-state index contributed by atoms with van der Waals surface area (Å²) >= 11 is 0. The van der Waals surface area contributed by atoms with Crippen LogP contribution in [-0.4, -0.2) is 34.6 Å². The highest BCUT2D eigenvalue weighted by molar-refractivity contribution is 5.93. The van der Waals surface area contributed by atoms with E-state index in [-0.39, 0.29) is 5.91 Å². The van der Waals surface area contributed by atoms with E-state index in [0.29, 0.717) is 19.3 Å². The minimum absolute atomic E-state index is 0.201. The molecule has 0 radical (unpaired) electrons. The van der Waals surface area contributed by atoms with Gasteiger partial charge in [-0.3, -0.25) is 4.79 Å². The first-order valence-electron chi connectivity index (χ1n) is 6.88. The van der Waals surface area contributed by atoms with Crippen LogP contribution in [0.4, 0.5) is 0 Å². The molecule has 2 aliphatic heterocycles. The minimum Gasteiger partial charge on any atom is -0.373 e. The molecule has 4 heteroatoms. The summed E-state index contributed by atoms with van der Waals surface area (Å²) in [5, 5.41) is 0. The van der Waals surface area contributed by atoms with Gasteiger partial charge in [0, 0.05) is 24.8 Å². The number of carbonyl (C=O) groups is 1. The zero-order chi connectivity index (χ0) is 12.5. The molecular weight excluding hydrogens is 228 g/mol. The second-order valence-electron chi connectivity index (χ2n) is 5.12. The summed E-state index contributed by atoms with van der Waals surface area (Å²) in [5.41, 5.74) is 1.96. The van der Waals surface area contributed by atoms with Crippen LogP contribution in [0, 0.1) is 0 Å². The van der Waals surface area contributed by atoms with Gasteiger partial charge in [0.15, 0.2) is 0 Å². The number of hydrogen-bond acceptors (Lipinski definition) is 2. The average molecular weight is 248 g/mol. The first-order valence-corrected chi connectivity index (χ1v) is 6.88.